The Morgan fingerprint density at radius 1 is 1.32 bits per heavy atom. The number of fused-ring (bicyclic) bond motifs is 1. The number of rotatable bonds is 8. The smallest absolute Gasteiger partial charge is 0.154 e. The first kappa shape index (κ1) is 21.3. The highest BCUT2D eigenvalue weighted by molar-refractivity contribution is 7.86. The molecule has 3 rings (SSSR count). The van der Waals surface area contributed by atoms with E-state index in [4.69, 9.17) is 23.2 Å². The zero-order chi connectivity index (χ0) is 20.3. The van der Waals surface area contributed by atoms with Crippen LogP contribution in [-0.4, -0.2) is 23.8 Å². The lowest BCUT2D eigenvalue weighted by molar-refractivity contribution is 0.401. The number of nitrogens with one attached hydrogen (secondary N) is 1. The summed E-state index contributed by atoms with van der Waals surface area (Å²) in [5.74, 6) is -0.284. The third kappa shape index (κ3) is 4.13. The van der Waals surface area contributed by atoms with Crippen LogP contribution in [-0.2, 0) is 16.4 Å². The van der Waals surface area contributed by atoms with Crippen LogP contribution in [0.3, 0.4) is 0 Å². The molecule has 0 fully saturated rings. The lowest BCUT2D eigenvalue weighted by Crippen LogP contribution is -2.36. The van der Waals surface area contributed by atoms with Gasteiger partial charge in [0.2, 0.25) is 0 Å². The minimum absolute atomic E-state index is 0.284. The van der Waals surface area contributed by atoms with Gasteiger partial charge in [-0.1, -0.05) is 36.2 Å². The third-order valence-corrected chi connectivity index (χ3v) is 7.39. The average Bonchev–Trinajstić information content (AvgIpc) is 2.99. The number of hydrogen-bond acceptors (Lipinski definition) is 2. The molecule has 28 heavy (non-hydrogen) atoms. The molecule has 3 nitrogen and oxygen atoms in total. The van der Waals surface area contributed by atoms with Gasteiger partial charge in [0.25, 0.3) is 0 Å². The maximum atomic E-state index is 14.1. The second-order valence-corrected chi connectivity index (χ2v) is 9.12. The number of benzene rings is 2. The second kappa shape index (κ2) is 8.95. The highest BCUT2D eigenvalue weighted by Gasteiger charge is 2.43. The molecule has 2 aromatic rings. The molecule has 0 aromatic heterocycles. The summed E-state index contributed by atoms with van der Waals surface area (Å²) in [4.78, 5) is 0.498. The number of hydrogen-bond donors (Lipinski definition) is 1. The number of anilines is 1. The second-order valence-electron chi connectivity index (χ2n) is 6.90. The molecule has 1 N–H and O–H groups in total. The van der Waals surface area contributed by atoms with E-state index in [1.165, 1.54) is 6.07 Å². The molecule has 0 aliphatic carbocycles. The zero-order valence-corrected chi connectivity index (χ0v) is 18.0. The zero-order valence-electron chi connectivity index (χ0n) is 15.7. The lowest BCUT2D eigenvalue weighted by Gasteiger charge is -2.29. The molecule has 1 heterocycles. The Kier molecular flexibility index (Phi) is 6.81. The third-order valence-electron chi connectivity index (χ3n) is 5.27. The van der Waals surface area contributed by atoms with E-state index in [0.717, 1.165) is 30.6 Å². The summed E-state index contributed by atoms with van der Waals surface area (Å²) < 4.78 is 29.3. The molecule has 2 atom stereocenters. The molecule has 0 bridgehead atoms. The van der Waals surface area contributed by atoms with Crippen LogP contribution >= 0.6 is 23.2 Å². The van der Waals surface area contributed by atoms with Gasteiger partial charge in [0.05, 0.1) is 15.6 Å². The minimum Gasteiger partial charge on any atom is -0.313 e. The van der Waals surface area contributed by atoms with Crippen molar-refractivity contribution in [1.29, 1.82) is 0 Å². The molecule has 0 saturated heterocycles. The molecule has 0 saturated carbocycles. The van der Waals surface area contributed by atoms with E-state index in [9.17, 15) is 8.60 Å². The standard InChI is InChI=1S/C21H23Cl2FN2OS/c1-3-10-25-11-9-21(4-2)14-26(19-7-6-16(24)13-17(19)21)28(27)20-8-5-15(22)12-18(20)23/h3,5-8,12-13,25H,1,4,9-11,14H2,2H3. The predicted molar refractivity (Wildman–Crippen MR) is 116 cm³/mol. The summed E-state index contributed by atoms with van der Waals surface area (Å²) in [6.07, 6.45) is 3.42. The Balaban J connectivity index is 1.98. The summed E-state index contributed by atoms with van der Waals surface area (Å²) in [7, 11) is -1.52. The van der Waals surface area contributed by atoms with Gasteiger partial charge in [-0.05, 0) is 61.3 Å². The van der Waals surface area contributed by atoms with E-state index in [1.807, 2.05) is 10.4 Å². The van der Waals surface area contributed by atoms with Crippen molar-refractivity contribution in [2.24, 2.45) is 0 Å². The van der Waals surface area contributed by atoms with E-state index < -0.39 is 11.0 Å². The molecule has 0 amide bonds. The number of nitrogens with zero attached hydrogens (tertiary/aromatic N) is 1. The predicted octanol–water partition coefficient (Wildman–Crippen LogP) is 5.49. The fraction of sp³-hybridized carbons (Fsp3) is 0.333. The van der Waals surface area contributed by atoms with Crippen LogP contribution < -0.4 is 9.62 Å². The summed E-state index contributed by atoms with van der Waals surface area (Å²) >= 11 is 12.3. The monoisotopic (exact) mass is 440 g/mol. The van der Waals surface area contributed by atoms with E-state index in [-0.39, 0.29) is 11.2 Å². The maximum absolute atomic E-state index is 14.1. The molecule has 1 aliphatic rings. The van der Waals surface area contributed by atoms with Gasteiger partial charge in [0.15, 0.2) is 11.0 Å². The molecular weight excluding hydrogens is 418 g/mol. The van der Waals surface area contributed by atoms with Crippen molar-refractivity contribution in [1.82, 2.24) is 5.32 Å². The van der Waals surface area contributed by atoms with Crippen LogP contribution in [0.2, 0.25) is 10.0 Å². The van der Waals surface area contributed by atoms with Gasteiger partial charge >= 0.3 is 0 Å². The van der Waals surface area contributed by atoms with Crippen molar-refractivity contribution in [3.8, 4) is 0 Å². The highest BCUT2D eigenvalue weighted by atomic mass is 35.5. The Hall–Kier alpha value is -1.40. The van der Waals surface area contributed by atoms with Gasteiger partial charge in [-0.3, -0.25) is 4.31 Å². The van der Waals surface area contributed by atoms with E-state index >= 15 is 0 Å². The van der Waals surface area contributed by atoms with Crippen molar-refractivity contribution in [2.45, 2.75) is 30.1 Å². The first-order valence-electron chi connectivity index (χ1n) is 9.18. The Morgan fingerprint density at radius 2 is 2.11 bits per heavy atom. The minimum atomic E-state index is -1.52. The quantitative estimate of drug-likeness (QED) is 0.434. The first-order chi connectivity index (χ1) is 13.4. The fourth-order valence-electron chi connectivity index (χ4n) is 3.70. The Bertz CT molecular complexity index is 908. The summed E-state index contributed by atoms with van der Waals surface area (Å²) in [5.41, 5.74) is 1.39. The lowest BCUT2D eigenvalue weighted by atomic mass is 9.77. The van der Waals surface area contributed by atoms with Crippen molar-refractivity contribution in [3.63, 3.8) is 0 Å². The van der Waals surface area contributed by atoms with Crippen LogP contribution in [0.15, 0.2) is 53.9 Å². The average molecular weight is 441 g/mol. The summed E-state index contributed by atoms with van der Waals surface area (Å²) in [6.45, 7) is 7.81. The van der Waals surface area contributed by atoms with Crippen LogP contribution in [0.5, 0.6) is 0 Å². The molecular formula is C21H23Cl2FN2OS. The molecule has 2 unspecified atom stereocenters. The van der Waals surface area contributed by atoms with Crippen molar-refractivity contribution >= 4 is 39.9 Å². The molecule has 0 radical (unpaired) electrons. The van der Waals surface area contributed by atoms with Gasteiger partial charge in [0.1, 0.15) is 5.82 Å². The van der Waals surface area contributed by atoms with Gasteiger partial charge in [0, 0.05) is 23.5 Å². The summed E-state index contributed by atoms with van der Waals surface area (Å²) in [5, 5.41) is 4.16. The van der Waals surface area contributed by atoms with Crippen LogP contribution in [0, 0.1) is 5.82 Å². The van der Waals surface area contributed by atoms with Crippen LogP contribution in [0.1, 0.15) is 25.3 Å². The maximum Gasteiger partial charge on any atom is 0.154 e. The summed E-state index contributed by atoms with van der Waals surface area (Å²) in [6, 6.07) is 9.64. The van der Waals surface area contributed by atoms with Crippen molar-refractivity contribution in [2.75, 3.05) is 23.9 Å². The van der Waals surface area contributed by atoms with E-state index in [1.54, 1.807) is 30.3 Å². The van der Waals surface area contributed by atoms with Gasteiger partial charge < -0.3 is 5.32 Å². The van der Waals surface area contributed by atoms with Gasteiger partial charge in [-0.15, -0.1) is 6.58 Å². The molecule has 7 heteroatoms. The SMILES string of the molecule is C=CCNCCC1(CC)CN(S(=O)c2ccc(Cl)cc2Cl)c2ccc(F)cc21. The fourth-order valence-corrected chi connectivity index (χ4v) is 5.66. The van der Waals surface area contributed by atoms with Gasteiger partial charge in [-0.25, -0.2) is 8.60 Å². The number of halogens is 3. The molecule has 0 spiro atoms. The molecule has 1 aliphatic heterocycles. The van der Waals surface area contributed by atoms with E-state index in [2.05, 4.69) is 18.8 Å². The van der Waals surface area contributed by atoms with Crippen molar-refractivity contribution < 1.29 is 8.60 Å². The molecule has 150 valence electrons. The first-order valence-corrected chi connectivity index (χ1v) is 11.0. The van der Waals surface area contributed by atoms with Crippen molar-refractivity contribution in [3.05, 3.63) is 70.5 Å². The van der Waals surface area contributed by atoms with Gasteiger partial charge in [-0.2, -0.15) is 0 Å². The largest absolute Gasteiger partial charge is 0.313 e. The highest BCUT2D eigenvalue weighted by Crippen LogP contribution is 2.47. The van der Waals surface area contributed by atoms with Crippen LogP contribution in [0.4, 0.5) is 10.1 Å². The molecule has 2 aromatic carbocycles. The Labute approximate surface area is 178 Å². The van der Waals surface area contributed by atoms with E-state index in [0.29, 0.717) is 28.0 Å². The Morgan fingerprint density at radius 3 is 2.79 bits per heavy atom. The van der Waals surface area contributed by atoms with Crippen LogP contribution in [0.25, 0.3) is 0 Å². The normalized spacial score (nSPS) is 19.5. The topological polar surface area (TPSA) is 32.3 Å².